The zero-order valence-corrected chi connectivity index (χ0v) is 14.5. The summed E-state index contributed by atoms with van der Waals surface area (Å²) in [6.07, 6.45) is 0.321. The molecule has 1 aromatic carbocycles. The summed E-state index contributed by atoms with van der Waals surface area (Å²) >= 11 is 11.7. The van der Waals surface area contributed by atoms with Crippen molar-refractivity contribution in [3.05, 3.63) is 33.3 Å². The van der Waals surface area contributed by atoms with Crippen LogP contribution in [0.5, 0.6) is 0 Å². The fourth-order valence-electron chi connectivity index (χ4n) is 2.75. The number of rotatable bonds is 3. The number of halogens is 2. The van der Waals surface area contributed by atoms with Crippen LogP contribution < -0.4 is 5.32 Å². The summed E-state index contributed by atoms with van der Waals surface area (Å²) in [4.78, 5) is 37.4. The van der Waals surface area contributed by atoms with Crippen molar-refractivity contribution in [2.24, 2.45) is 0 Å². The number of amides is 3. The maximum atomic E-state index is 12.3. The molecule has 2 heterocycles. The quantitative estimate of drug-likeness (QED) is 0.772. The fourth-order valence-corrected chi connectivity index (χ4v) is 4.75. The first-order valence-corrected chi connectivity index (χ1v) is 9.61. The highest BCUT2D eigenvalue weighted by Gasteiger charge is 2.38. The molecule has 10 heteroatoms. The number of carbonyl (C=O) groups is 3. The second kappa shape index (κ2) is 6.02. The van der Waals surface area contributed by atoms with E-state index in [2.05, 4.69) is 5.32 Å². The van der Waals surface area contributed by atoms with Crippen LogP contribution in [-0.4, -0.2) is 55.1 Å². The molecule has 3 rings (SSSR count). The summed E-state index contributed by atoms with van der Waals surface area (Å²) in [6, 6.07) is 2.09. The van der Waals surface area contributed by atoms with Gasteiger partial charge in [0.25, 0.3) is 11.8 Å². The highest BCUT2D eigenvalue weighted by atomic mass is 35.5. The van der Waals surface area contributed by atoms with Crippen molar-refractivity contribution < 1.29 is 22.8 Å². The Kier molecular flexibility index (Phi) is 4.31. The van der Waals surface area contributed by atoms with E-state index in [1.165, 1.54) is 12.1 Å². The van der Waals surface area contributed by atoms with Crippen LogP contribution in [0.3, 0.4) is 0 Å². The average molecular weight is 391 g/mol. The van der Waals surface area contributed by atoms with E-state index in [1.807, 2.05) is 0 Å². The van der Waals surface area contributed by atoms with E-state index < -0.39 is 40.1 Å². The number of nitrogens with zero attached hydrogens (tertiary/aromatic N) is 1. The van der Waals surface area contributed by atoms with Gasteiger partial charge in [0, 0.05) is 6.04 Å². The molecule has 3 amide bonds. The molecular formula is C14H12Cl2N2O5S. The molecule has 1 saturated heterocycles. The van der Waals surface area contributed by atoms with Gasteiger partial charge in [0.2, 0.25) is 5.91 Å². The summed E-state index contributed by atoms with van der Waals surface area (Å²) in [5.41, 5.74) is 0.177. The Balaban J connectivity index is 1.71. The first-order valence-electron chi connectivity index (χ1n) is 7.03. The van der Waals surface area contributed by atoms with Crippen molar-refractivity contribution in [2.75, 3.05) is 18.1 Å². The molecule has 0 aliphatic carbocycles. The SMILES string of the molecule is O=C(CN1C(=O)c2cc(Cl)c(Cl)cc2C1=O)N[C@H]1CCS(=O)(=O)C1. The zero-order valence-electron chi connectivity index (χ0n) is 12.2. The third-order valence-electron chi connectivity index (χ3n) is 3.91. The van der Waals surface area contributed by atoms with Gasteiger partial charge < -0.3 is 5.32 Å². The molecule has 2 aliphatic heterocycles. The molecular weight excluding hydrogens is 379 g/mol. The molecule has 1 atom stereocenters. The largest absolute Gasteiger partial charge is 0.351 e. The number of fused-ring (bicyclic) bond motifs is 1. The van der Waals surface area contributed by atoms with Gasteiger partial charge in [0.15, 0.2) is 9.84 Å². The summed E-state index contributed by atoms with van der Waals surface area (Å²) < 4.78 is 22.8. The number of nitrogens with one attached hydrogen (secondary N) is 1. The third kappa shape index (κ3) is 3.13. The summed E-state index contributed by atoms with van der Waals surface area (Å²) in [7, 11) is -3.13. The van der Waals surface area contributed by atoms with Gasteiger partial charge in [-0.25, -0.2) is 8.42 Å². The third-order valence-corrected chi connectivity index (χ3v) is 6.40. The topological polar surface area (TPSA) is 101 Å². The van der Waals surface area contributed by atoms with E-state index >= 15 is 0 Å². The minimum absolute atomic E-state index is 0.0158. The second-order valence-corrected chi connectivity index (χ2v) is 8.72. The maximum Gasteiger partial charge on any atom is 0.262 e. The summed E-state index contributed by atoms with van der Waals surface area (Å²) in [5, 5.41) is 2.81. The number of benzene rings is 1. The maximum absolute atomic E-state index is 12.3. The summed E-state index contributed by atoms with van der Waals surface area (Å²) in [6.45, 7) is -0.488. The molecule has 1 aromatic rings. The van der Waals surface area contributed by atoms with Crippen molar-refractivity contribution in [3.63, 3.8) is 0 Å². The molecule has 0 radical (unpaired) electrons. The van der Waals surface area contributed by atoms with Crippen LogP contribution in [0.1, 0.15) is 27.1 Å². The van der Waals surface area contributed by atoms with Crippen molar-refractivity contribution >= 4 is 50.8 Å². The van der Waals surface area contributed by atoms with Gasteiger partial charge in [-0.1, -0.05) is 23.2 Å². The fraction of sp³-hybridized carbons (Fsp3) is 0.357. The molecule has 24 heavy (non-hydrogen) atoms. The Morgan fingerprint density at radius 3 is 2.17 bits per heavy atom. The molecule has 7 nitrogen and oxygen atoms in total. The van der Waals surface area contributed by atoms with Crippen LogP contribution in [0.25, 0.3) is 0 Å². The highest BCUT2D eigenvalue weighted by molar-refractivity contribution is 7.91. The van der Waals surface area contributed by atoms with Gasteiger partial charge in [-0.05, 0) is 18.6 Å². The molecule has 1 fully saturated rings. The predicted octanol–water partition coefficient (Wildman–Crippen LogP) is 0.893. The van der Waals surface area contributed by atoms with E-state index in [0.717, 1.165) is 4.90 Å². The first-order chi connectivity index (χ1) is 11.2. The van der Waals surface area contributed by atoms with E-state index in [-0.39, 0.29) is 32.7 Å². The van der Waals surface area contributed by atoms with Crippen molar-refractivity contribution in [1.82, 2.24) is 10.2 Å². The van der Waals surface area contributed by atoms with E-state index in [4.69, 9.17) is 23.2 Å². The number of sulfone groups is 1. The molecule has 0 bridgehead atoms. The van der Waals surface area contributed by atoms with Gasteiger partial charge in [0.1, 0.15) is 6.54 Å². The first kappa shape index (κ1) is 17.2. The lowest BCUT2D eigenvalue weighted by Crippen LogP contribution is -2.44. The van der Waals surface area contributed by atoms with Crippen molar-refractivity contribution in [2.45, 2.75) is 12.5 Å². The van der Waals surface area contributed by atoms with Gasteiger partial charge in [-0.3, -0.25) is 19.3 Å². The minimum atomic E-state index is -3.13. The average Bonchev–Trinajstić information content (AvgIpc) is 2.93. The Hall–Kier alpha value is -1.64. The van der Waals surface area contributed by atoms with Crippen molar-refractivity contribution in [3.8, 4) is 0 Å². The zero-order chi connectivity index (χ0) is 17.6. The van der Waals surface area contributed by atoms with Crippen LogP contribution in [0.15, 0.2) is 12.1 Å². The lowest BCUT2D eigenvalue weighted by molar-refractivity contribution is -0.121. The van der Waals surface area contributed by atoms with Crippen LogP contribution in [0, 0.1) is 0 Å². The normalized spacial score (nSPS) is 21.9. The van der Waals surface area contributed by atoms with E-state index in [1.54, 1.807) is 0 Å². The van der Waals surface area contributed by atoms with E-state index in [9.17, 15) is 22.8 Å². The van der Waals surface area contributed by atoms with Crippen LogP contribution >= 0.6 is 23.2 Å². The molecule has 1 N–H and O–H groups in total. The lowest BCUT2D eigenvalue weighted by atomic mass is 10.1. The minimum Gasteiger partial charge on any atom is -0.351 e. The van der Waals surface area contributed by atoms with Gasteiger partial charge in [-0.15, -0.1) is 0 Å². The van der Waals surface area contributed by atoms with Crippen LogP contribution in [-0.2, 0) is 14.6 Å². The Morgan fingerprint density at radius 2 is 1.71 bits per heavy atom. The lowest BCUT2D eigenvalue weighted by Gasteiger charge is -2.16. The standard InChI is InChI=1S/C14H12Cl2N2O5S/c15-10-3-8-9(4-11(10)16)14(21)18(13(8)20)5-12(19)17-7-1-2-24(22,23)6-7/h3-4,7H,1-2,5-6H2,(H,17,19)/t7-/m0/s1. The molecule has 0 spiro atoms. The molecule has 0 aromatic heterocycles. The Bertz CT molecular complexity index is 827. The van der Waals surface area contributed by atoms with Crippen LogP contribution in [0.2, 0.25) is 10.0 Å². The predicted molar refractivity (Wildman–Crippen MR) is 87.0 cm³/mol. The molecule has 0 saturated carbocycles. The van der Waals surface area contributed by atoms with E-state index in [0.29, 0.717) is 6.42 Å². The smallest absolute Gasteiger partial charge is 0.262 e. The van der Waals surface area contributed by atoms with Crippen molar-refractivity contribution in [1.29, 1.82) is 0 Å². The molecule has 0 unspecified atom stereocenters. The Labute approximate surface area is 147 Å². The number of hydrogen-bond donors (Lipinski definition) is 1. The van der Waals surface area contributed by atoms with Gasteiger partial charge in [-0.2, -0.15) is 0 Å². The number of imide groups is 1. The van der Waals surface area contributed by atoms with Gasteiger partial charge in [0.05, 0.1) is 32.7 Å². The summed E-state index contributed by atoms with van der Waals surface area (Å²) in [5.74, 6) is -1.98. The number of hydrogen-bond acceptors (Lipinski definition) is 5. The van der Waals surface area contributed by atoms with Gasteiger partial charge >= 0.3 is 0 Å². The molecule has 2 aliphatic rings. The second-order valence-electron chi connectivity index (χ2n) is 5.68. The Morgan fingerprint density at radius 1 is 1.17 bits per heavy atom. The molecule has 128 valence electrons. The number of carbonyl (C=O) groups excluding carboxylic acids is 3. The highest BCUT2D eigenvalue weighted by Crippen LogP contribution is 2.31. The monoisotopic (exact) mass is 390 g/mol. The van der Waals surface area contributed by atoms with Crippen LogP contribution in [0.4, 0.5) is 0 Å².